The van der Waals surface area contributed by atoms with Gasteiger partial charge in [0.2, 0.25) is 5.75 Å². The molecule has 0 aliphatic heterocycles. The third kappa shape index (κ3) is 47.3. The molecule has 440 valence electrons. The predicted octanol–water partition coefficient (Wildman–Crippen LogP) is 22.5. The van der Waals surface area contributed by atoms with Gasteiger partial charge in [0.15, 0.2) is 11.5 Å². The maximum Gasteiger partial charge on any atom is 0.338 e. The lowest BCUT2D eigenvalue weighted by Gasteiger charge is -2.20. The van der Waals surface area contributed by atoms with Gasteiger partial charge in [-0.05, 0) is 52.2 Å². The molecular weight excluding hydrogens is 929 g/mol. The monoisotopic (exact) mass is 1050 g/mol. The molecule has 0 unspecified atom stereocenters. The van der Waals surface area contributed by atoms with E-state index in [-0.39, 0.29) is 13.0 Å². The third-order valence-corrected chi connectivity index (χ3v) is 15.0. The van der Waals surface area contributed by atoms with Crippen molar-refractivity contribution in [2.45, 2.75) is 362 Å². The van der Waals surface area contributed by atoms with E-state index in [1.165, 1.54) is 270 Å². The summed E-state index contributed by atoms with van der Waals surface area (Å²) in [6.45, 7) is 14.0. The number of hydrogen-bond acceptors (Lipinski definition) is 7. The Morgan fingerprint density at radius 1 is 0.333 bits per heavy atom. The first-order chi connectivity index (χ1) is 36.7. The number of rotatable bonds is 58. The molecule has 0 saturated carbocycles. The molecule has 0 aliphatic rings. The minimum atomic E-state index is -0.597. The van der Waals surface area contributed by atoms with Crippen LogP contribution < -0.4 is 14.2 Å². The molecule has 7 nitrogen and oxygen atoms in total. The molecule has 75 heavy (non-hydrogen) atoms. The van der Waals surface area contributed by atoms with E-state index in [9.17, 15) is 9.59 Å². The van der Waals surface area contributed by atoms with E-state index in [1.54, 1.807) is 12.1 Å². The fraction of sp³-hybridized carbons (Fsp3) is 0.882. The Kier molecular flexibility index (Phi) is 50.4. The largest absolute Gasteiger partial charge is 0.490 e. The smallest absolute Gasteiger partial charge is 0.338 e. The van der Waals surface area contributed by atoms with Crippen molar-refractivity contribution < 1.29 is 33.3 Å². The van der Waals surface area contributed by atoms with E-state index < -0.39 is 17.5 Å². The van der Waals surface area contributed by atoms with Crippen molar-refractivity contribution in [2.24, 2.45) is 0 Å². The topological polar surface area (TPSA) is 80.3 Å². The van der Waals surface area contributed by atoms with E-state index >= 15 is 0 Å². The molecule has 0 atom stereocenters. The predicted molar refractivity (Wildman–Crippen MR) is 322 cm³/mol. The Morgan fingerprint density at radius 2 is 0.573 bits per heavy atom. The first-order valence-electron chi connectivity index (χ1n) is 33.2. The van der Waals surface area contributed by atoms with Crippen LogP contribution in [0.2, 0.25) is 0 Å². The molecule has 0 bridgehead atoms. The average Bonchev–Trinajstić information content (AvgIpc) is 3.38. The van der Waals surface area contributed by atoms with Crippen molar-refractivity contribution in [2.75, 3.05) is 26.4 Å². The van der Waals surface area contributed by atoms with Crippen LogP contribution in [0.3, 0.4) is 0 Å². The molecule has 0 N–H and O–H groups in total. The molecule has 0 radical (unpaired) electrons. The number of unbranched alkanes of at least 4 members (excludes halogenated alkanes) is 45. The fourth-order valence-electron chi connectivity index (χ4n) is 10.2. The normalized spacial score (nSPS) is 11.6. The zero-order chi connectivity index (χ0) is 54.4. The first kappa shape index (κ1) is 70.6. The molecule has 1 aromatic carbocycles. The number of hydrogen-bond donors (Lipinski definition) is 0. The van der Waals surface area contributed by atoms with Gasteiger partial charge in [0.25, 0.3) is 0 Å². The summed E-state index contributed by atoms with van der Waals surface area (Å²) in [5.41, 5.74) is -0.252. The van der Waals surface area contributed by atoms with Crippen LogP contribution in [0.1, 0.15) is 367 Å². The number of esters is 2. The zero-order valence-corrected chi connectivity index (χ0v) is 51.0. The van der Waals surface area contributed by atoms with Crippen molar-refractivity contribution in [1.82, 2.24) is 0 Å². The molecule has 0 fully saturated rings. The zero-order valence-electron chi connectivity index (χ0n) is 51.0. The second kappa shape index (κ2) is 53.6. The highest BCUT2D eigenvalue weighted by Crippen LogP contribution is 2.40. The minimum absolute atomic E-state index is 0.00522. The molecule has 7 heteroatoms. The van der Waals surface area contributed by atoms with Gasteiger partial charge < -0.3 is 23.7 Å². The number of ether oxygens (including phenoxy) is 5. The standard InChI is InChI=1S/C68H126O7/c1-7-10-13-16-19-22-25-28-31-34-37-40-43-46-49-52-56-71-63-60-62(67(70)74-59-55-65(69)75-68(4,5)6)61-64(72-57-53-50-47-44-41-38-35-32-29-26-23-20-17-14-11-8-2)66(63)73-58-54-51-48-45-42-39-36-33-30-27-24-21-18-15-12-9-3/h60-61H,7-59H2,1-6H3. The van der Waals surface area contributed by atoms with Gasteiger partial charge in [-0.1, -0.05) is 310 Å². The summed E-state index contributed by atoms with van der Waals surface area (Å²) in [4.78, 5) is 26.0. The van der Waals surface area contributed by atoms with E-state index in [2.05, 4.69) is 20.8 Å². The van der Waals surface area contributed by atoms with Crippen LogP contribution in [0.15, 0.2) is 12.1 Å². The number of benzene rings is 1. The maximum absolute atomic E-state index is 13.6. The summed E-state index contributed by atoms with van der Waals surface area (Å²) in [5, 5.41) is 0. The SMILES string of the molecule is CCCCCCCCCCCCCCCCCCOc1cc(C(=O)OCCC(=O)OC(C)(C)C)cc(OCCCCCCCCCCCCCCCCCC)c1OCCCCCCCCCCCCCCCCCC. The van der Waals surface area contributed by atoms with Crippen molar-refractivity contribution in [3.05, 3.63) is 17.7 Å². The molecule has 0 spiro atoms. The summed E-state index contributed by atoms with van der Waals surface area (Å²) in [6.07, 6.45) is 63.5. The Labute approximate surface area is 466 Å². The molecule has 0 saturated heterocycles. The molecule has 1 aromatic rings. The molecule has 0 aliphatic carbocycles. The van der Waals surface area contributed by atoms with Gasteiger partial charge >= 0.3 is 11.9 Å². The Hall–Kier alpha value is -2.44. The second-order valence-corrected chi connectivity index (χ2v) is 23.7. The lowest BCUT2D eigenvalue weighted by atomic mass is 10.0. The van der Waals surface area contributed by atoms with Crippen LogP contribution in [0, 0.1) is 0 Å². The third-order valence-electron chi connectivity index (χ3n) is 15.0. The van der Waals surface area contributed by atoms with E-state index in [0.717, 1.165) is 38.5 Å². The highest BCUT2D eigenvalue weighted by Gasteiger charge is 2.21. The Bertz CT molecular complexity index is 1330. The van der Waals surface area contributed by atoms with Crippen LogP contribution in [0.4, 0.5) is 0 Å². The first-order valence-corrected chi connectivity index (χ1v) is 33.2. The summed E-state index contributed by atoms with van der Waals surface area (Å²) in [6, 6.07) is 3.51. The summed E-state index contributed by atoms with van der Waals surface area (Å²) in [7, 11) is 0. The minimum Gasteiger partial charge on any atom is -0.490 e. The summed E-state index contributed by atoms with van der Waals surface area (Å²) >= 11 is 0. The van der Waals surface area contributed by atoms with Gasteiger partial charge in [-0.15, -0.1) is 0 Å². The van der Waals surface area contributed by atoms with Crippen molar-refractivity contribution in [3.8, 4) is 17.2 Å². The van der Waals surface area contributed by atoms with Crippen LogP contribution in [0.5, 0.6) is 17.2 Å². The van der Waals surface area contributed by atoms with Gasteiger partial charge in [0.05, 0.1) is 31.8 Å². The molecule has 0 aromatic heterocycles. The van der Waals surface area contributed by atoms with E-state index in [1.807, 2.05) is 20.8 Å². The summed E-state index contributed by atoms with van der Waals surface area (Å²) in [5.74, 6) is 0.766. The van der Waals surface area contributed by atoms with Crippen LogP contribution in [-0.2, 0) is 14.3 Å². The van der Waals surface area contributed by atoms with Crippen LogP contribution >= 0.6 is 0 Å². The second-order valence-electron chi connectivity index (χ2n) is 23.7. The Balaban J connectivity index is 2.79. The fourth-order valence-corrected chi connectivity index (χ4v) is 10.2. The molecule has 1 rings (SSSR count). The van der Waals surface area contributed by atoms with Gasteiger partial charge in [-0.3, -0.25) is 4.79 Å². The van der Waals surface area contributed by atoms with E-state index in [0.29, 0.717) is 42.6 Å². The highest BCUT2D eigenvalue weighted by atomic mass is 16.6. The lowest BCUT2D eigenvalue weighted by Crippen LogP contribution is -2.24. The number of carbonyl (C=O) groups is 2. The summed E-state index contributed by atoms with van der Waals surface area (Å²) < 4.78 is 30.7. The van der Waals surface area contributed by atoms with Gasteiger partial charge in [0.1, 0.15) is 12.2 Å². The van der Waals surface area contributed by atoms with Gasteiger partial charge in [-0.2, -0.15) is 0 Å². The highest BCUT2D eigenvalue weighted by molar-refractivity contribution is 5.91. The van der Waals surface area contributed by atoms with Gasteiger partial charge in [-0.25, -0.2) is 4.79 Å². The number of carbonyl (C=O) groups excluding carboxylic acids is 2. The molecular formula is C68H126O7. The van der Waals surface area contributed by atoms with Crippen molar-refractivity contribution in [1.29, 1.82) is 0 Å². The van der Waals surface area contributed by atoms with Crippen molar-refractivity contribution >= 4 is 11.9 Å². The quantitative estimate of drug-likeness (QED) is 0.0475. The average molecular weight is 1060 g/mol. The van der Waals surface area contributed by atoms with Crippen LogP contribution in [-0.4, -0.2) is 44.0 Å². The molecule has 0 amide bonds. The lowest BCUT2D eigenvalue weighted by molar-refractivity contribution is -0.155. The Morgan fingerprint density at radius 3 is 0.827 bits per heavy atom. The van der Waals surface area contributed by atoms with Crippen LogP contribution in [0.25, 0.3) is 0 Å². The van der Waals surface area contributed by atoms with E-state index in [4.69, 9.17) is 23.7 Å². The van der Waals surface area contributed by atoms with Crippen molar-refractivity contribution in [3.63, 3.8) is 0 Å². The molecule has 0 heterocycles. The maximum atomic E-state index is 13.6. The van der Waals surface area contributed by atoms with Gasteiger partial charge in [0, 0.05) is 0 Å².